The van der Waals surface area contributed by atoms with Crippen LogP contribution < -0.4 is 0 Å². The molecule has 0 aromatic rings. The number of cyclic esters (lactones) is 1. The number of halogens is 1. The molecule has 2 fully saturated rings. The van der Waals surface area contributed by atoms with E-state index >= 15 is 0 Å². The molecule has 3 heterocycles. The first-order valence-corrected chi connectivity index (χ1v) is 15.7. The molecule has 3 aliphatic heterocycles. The van der Waals surface area contributed by atoms with E-state index in [-0.39, 0.29) is 30.5 Å². The van der Waals surface area contributed by atoms with Gasteiger partial charge in [-0.15, -0.1) is 0 Å². The third-order valence-electron chi connectivity index (χ3n) is 8.69. The Morgan fingerprint density at radius 3 is 2.36 bits per heavy atom. The Morgan fingerprint density at radius 1 is 1.02 bits per heavy atom. The van der Waals surface area contributed by atoms with Gasteiger partial charge in [0.25, 0.3) is 0 Å². The van der Waals surface area contributed by atoms with E-state index in [1.807, 2.05) is 39.0 Å². The van der Waals surface area contributed by atoms with Gasteiger partial charge in [-0.1, -0.05) is 54.1 Å². The fourth-order valence-electron chi connectivity index (χ4n) is 6.03. The minimum atomic E-state index is -1.91. The first-order valence-electron chi connectivity index (χ1n) is 14.8. The number of hydrogen-bond acceptors (Lipinski definition) is 10. The second kappa shape index (κ2) is 16.2. The molecule has 240 valence electrons. The van der Waals surface area contributed by atoms with Crippen LogP contribution in [-0.2, 0) is 38.0 Å². The molecule has 2 saturated heterocycles. The molecule has 5 unspecified atom stereocenters. The fourth-order valence-corrected chi connectivity index (χ4v) is 6.21. The topological polar surface area (TPSA) is 122 Å². The summed E-state index contributed by atoms with van der Waals surface area (Å²) in [5.41, 5.74) is 0. The number of rotatable bonds is 7. The third kappa shape index (κ3) is 8.73. The highest BCUT2D eigenvalue weighted by atomic mass is 79.9. The molecule has 0 spiro atoms. The van der Waals surface area contributed by atoms with Crippen LogP contribution in [-0.4, -0.2) is 98.4 Å². The number of aliphatic hydroxyl groups excluding tert-OH is 1. The zero-order valence-electron chi connectivity index (χ0n) is 25.8. The third-order valence-corrected chi connectivity index (χ3v) is 8.99. The second-order valence-corrected chi connectivity index (χ2v) is 12.2. The molecular weight excluding hydrogens is 612 g/mol. The highest BCUT2D eigenvalue weighted by molar-refractivity contribution is 9.11. The van der Waals surface area contributed by atoms with Crippen molar-refractivity contribution in [3.05, 3.63) is 35.4 Å². The summed E-state index contributed by atoms with van der Waals surface area (Å²) in [5.74, 6) is -3.81. The summed E-state index contributed by atoms with van der Waals surface area (Å²) in [5, 5.41) is 23.0. The molecule has 0 aromatic carbocycles. The van der Waals surface area contributed by atoms with E-state index in [4.69, 9.17) is 33.2 Å². The van der Waals surface area contributed by atoms with Gasteiger partial charge in [-0.25, -0.2) is 0 Å². The average molecular weight is 662 g/mol. The number of hydrogen-bond donors (Lipinski definition) is 2. The lowest BCUT2D eigenvalue weighted by Crippen LogP contribution is -2.61. The fraction of sp³-hybridized carbons (Fsp3) is 0.774. The summed E-state index contributed by atoms with van der Waals surface area (Å²) in [6.07, 6.45) is 5.59. The lowest BCUT2D eigenvalue weighted by molar-refractivity contribution is -0.348. The van der Waals surface area contributed by atoms with Gasteiger partial charge in [0.15, 0.2) is 12.1 Å². The molecule has 2 bridgehead atoms. The molecule has 0 amide bonds. The molecule has 13 atom stereocenters. The smallest absolute Gasteiger partial charge is 0.314 e. The van der Waals surface area contributed by atoms with Gasteiger partial charge in [0.1, 0.15) is 30.3 Å². The van der Waals surface area contributed by atoms with Crippen molar-refractivity contribution in [2.24, 2.45) is 17.8 Å². The quantitative estimate of drug-likeness (QED) is 0.235. The Bertz CT molecular complexity index is 943. The van der Waals surface area contributed by atoms with E-state index in [0.29, 0.717) is 19.3 Å². The van der Waals surface area contributed by atoms with Gasteiger partial charge in [-0.2, -0.15) is 0 Å². The minimum Gasteiger partial charge on any atom is -0.458 e. The Balaban J connectivity index is 1.92. The molecule has 3 rings (SSSR count). The molecule has 0 radical (unpaired) electrons. The Morgan fingerprint density at radius 2 is 1.71 bits per heavy atom. The van der Waals surface area contributed by atoms with Gasteiger partial charge in [-0.3, -0.25) is 4.79 Å². The Hall–Kier alpha value is -1.15. The normalized spacial score (nSPS) is 45.0. The second-order valence-electron chi connectivity index (χ2n) is 11.7. The van der Waals surface area contributed by atoms with Crippen molar-refractivity contribution in [2.45, 2.75) is 114 Å². The van der Waals surface area contributed by atoms with Crippen molar-refractivity contribution < 1.29 is 48.2 Å². The molecule has 0 saturated carbocycles. The van der Waals surface area contributed by atoms with E-state index in [9.17, 15) is 15.0 Å². The summed E-state index contributed by atoms with van der Waals surface area (Å²) in [7, 11) is 4.73. The molecule has 0 aromatic heterocycles. The molecule has 42 heavy (non-hydrogen) atoms. The van der Waals surface area contributed by atoms with E-state index in [0.717, 1.165) is 0 Å². The molecule has 2 N–H and O–H groups in total. The van der Waals surface area contributed by atoms with Crippen molar-refractivity contribution in [1.29, 1.82) is 0 Å². The number of aliphatic hydroxyl groups is 2. The lowest BCUT2D eigenvalue weighted by atomic mass is 9.83. The Labute approximate surface area is 258 Å². The summed E-state index contributed by atoms with van der Waals surface area (Å²) >= 11 is 3.24. The molecule has 10 nitrogen and oxygen atoms in total. The summed E-state index contributed by atoms with van der Waals surface area (Å²) in [6, 6.07) is 0. The van der Waals surface area contributed by atoms with Crippen LogP contribution in [0.2, 0.25) is 0 Å². The minimum absolute atomic E-state index is 0.0122. The maximum atomic E-state index is 13.5. The van der Waals surface area contributed by atoms with Crippen LogP contribution in [0, 0.1) is 17.8 Å². The number of methoxy groups -OCH3 is 3. The zero-order valence-corrected chi connectivity index (χ0v) is 27.3. The summed E-state index contributed by atoms with van der Waals surface area (Å²) < 4.78 is 41.9. The maximum absolute atomic E-state index is 13.5. The van der Waals surface area contributed by atoms with E-state index in [1.54, 1.807) is 45.4 Å². The van der Waals surface area contributed by atoms with Gasteiger partial charge in [0, 0.05) is 40.1 Å². The maximum Gasteiger partial charge on any atom is 0.314 e. The first-order chi connectivity index (χ1) is 20.0. The first kappa shape index (κ1) is 35.3. The van der Waals surface area contributed by atoms with Gasteiger partial charge >= 0.3 is 5.97 Å². The van der Waals surface area contributed by atoms with Gasteiger partial charge < -0.3 is 43.4 Å². The van der Waals surface area contributed by atoms with E-state index in [2.05, 4.69) is 15.9 Å². The lowest BCUT2D eigenvalue weighted by Gasteiger charge is -2.48. The average Bonchev–Trinajstić information content (AvgIpc) is 2.95. The monoisotopic (exact) mass is 660 g/mol. The number of carbonyl (C=O) groups excluding carboxylic acids is 1. The van der Waals surface area contributed by atoms with Gasteiger partial charge in [0.05, 0.1) is 24.4 Å². The molecule has 11 heteroatoms. The SMILES string of the molecule is CO[C@@H]1[C@H](OC)[C@@H](O[C@H]2C[C@@H]3O[C@](O)(C2)C(C)C(=O)OC(/C=C/C=C/Br)CC(C)/C=C\CC(O)C3C)O[C@H](C)[C@H]1OC. The highest BCUT2D eigenvalue weighted by Gasteiger charge is 2.52. The van der Waals surface area contributed by atoms with Crippen LogP contribution >= 0.6 is 15.9 Å². The van der Waals surface area contributed by atoms with Crippen LogP contribution in [0.3, 0.4) is 0 Å². The van der Waals surface area contributed by atoms with Crippen LogP contribution in [0.1, 0.15) is 53.4 Å². The Kier molecular flexibility index (Phi) is 13.7. The number of fused-ring (bicyclic) bond motifs is 2. The van der Waals surface area contributed by atoms with Crippen molar-refractivity contribution >= 4 is 21.9 Å². The van der Waals surface area contributed by atoms with E-state index in [1.165, 1.54) is 0 Å². The van der Waals surface area contributed by atoms with Crippen LogP contribution in [0.4, 0.5) is 0 Å². The van der Waals surface area contributed by atoms with Gasteiger partial charge in [-0.05, 0) is 43.7 Å². The summed E-state index contributed by atoms with van der Waals surface area (Å²) in [4.78, 5) is 15.2. The largest absolute Gasteiger partial charge is 0.458 e. The molecular formula is C31H49BrO10. The van der Waals surface area contributed by atoms with Crippen LogP contribution in [0.25, 0.3) is 0 Å². The standard InChI is InChI=1S/C31H49BrO10/c1-18-11-10-13-24(33)19(2)25-16-23(41-30-28(38-7)27(37-6)26(36-5)21(4)39-30)17-31(35,42-25)20(3)29(34)40-22(15-18)12-8-9-14-32/h8-12,14,18-28,30,33,35H,13,15-17H2,1-7H3/b11-10-,12-8+,14-9+/t18?,19?,20?,21-,22?,23+,24?,25+,26-,27+,28+,30-,31-/m1/s1. The zero-order chi connectivity index (χ0) is 31.0. The van der Waals surface area contributed by atoms with Crippen molar-refractivity contribution in [3.63, 3.8) is 0 Å². The molecule has 3 aliphatic rings. The van der Waals surface area contributed by atoms with Crippen molar-refractivity contribution in [2.75, 3.05) is 21.3 Å². The summed E-state index contributed by atoms with van der Waals surface area (Å²) in [6.45, 7) is 7.38. The highest BCUT2D eigenvalue weighted by Crippen LogP contribution is 2.40. The van der Waals surface area contributed by atoms with Crippen LogP contribution in [0.5, 0.6) is 0 Å². The molecule has 0 aliphatic carbocycles. The number of allylic oxidation sites excluding steroid dienone is 3. The predicted molar refractivity (Wildman–Crippen MR) is 160 cm³/mol. The number of carbonyl (C=O) groups is 1. The predicted octanol–water partition coefficient (Wildman–Crippen LogP) is 4.02. The van der Waals surface area contributed by atoms with Crippen LogP contribution in [0.15, 0.2) is 35.4 Å². The van der Waals surface area contributed by atoms with Gasteiger partial charge in [0.2, 0.25) is 0 Å². The number of ether oxygens (including phenoxy) is 7. The van der Waals surface area contributed by atoms with Crippen molar-refractivity contribution in [1.82, 2.24) is 0 Å². The number of esters is 1. The van der Waals surface area contributed by atoms with Crippen molar-refractivity contribution in [3.8, 4) is 0 Å². The van der Waals surface area contributed by atoms with E-state index < -0.39 is 60.6 Å².